The zero-order chi connectivity index (χ0) is 17.2. The Morgan fingerprint density at radius 1 is 1.28 bits per heavy atom. The Morgan fingerprint density at radius 2 is 2.00 bits per heavy atom. The van der Waals surface area contributed by atoms with Gasteiger partial charge >= 0.3 is 0 Å². The number of fused-ring (bicyclic) bond motifs is 1. The Bertz CT molecular complexity index is 736. The molecule has 1 aliphatic heterocycles. The lowest BCUT2D eigenvalue weighted by Gasteiger charge is -2.23. The third-order valence-electron chi connectivity index (χ3n) is 5.15. The molecule has 0 spiro atoms. The summed E-state index contributed by atoms with van der Waals surface area (Å²) < 4.78 is 0. The van der Waals surface area contributed by atoms with Crippen LogP contribution in [0.25, 0.3) is 10.8 Å². The molecule has 0 aromatic heterocycles. The minimum absolute atomic E-state index is 0. The quantitative estimate of drug-likeness (QED) is 0.860. The van der Waals surface area contributed by atoms with Crippen molar-refractivity contribution in [2.45, 2.75) is 26.3 Å². The van der Waals surface area contributed by atoms with Crippen molar-refractivity contribution in [1.29, 1.82) is 0 Å². The van der Waals surface area contributed by atoms with Crippen molar-refractivity contribution < 1.29 is 4.79 Å². The van der Waals surface area contributed by atoms with Crippen molar-refractivity contribution in [1.82, 2.24) is 10.2 Å². The molecule has 5 heteroatoms. The normalized spacial score (nSPS) is 21.7. The number of amides is 1. The molecule has 2 aromatic carbocycles. The summed E-state index contributed by atoms with van der Waals surface area (Å²) in [4.78, 5) is 14.6. The molecular formula is C20H28ClN3O. The van der Waals surface area contributed by atoms with Crippen molar-refractivity contribution in [3.8, 4) is 0 Å². The summed E-state index contributed by atoms with van der Waals surface area (Å²) in [6, 6.07) is 14.6. The highest BCUT2D eigenvalue weighted by Crippen LogP contribution is 2.28. The molecule has 3 N–H and O–H groups in total. The highest BCUT2D eigenvalue weighted by molar-refractivity contribution is 5.85. The predicted octanol–water partition coefficient (Wildman–Crippen LogP) is 3.11. The van der Waals surface area contributed by atoms with Gasteiger partial charge in [-0.1, -0.05) is 43.3 Å². The van der Waals surface area contributed by atoms with Crippen LogP contribution in [0, 0.1) is 5.41 Å². The first-order valence-corrected chi connectivity index (χ1v) is 8.70. The maximum atomic E-state index is 12.4. The Hall–Kier alpha value is -1.62. The molecule has 2 atom stereocenters. The van der Waals surface area contributed by atoms with Crippen molar-refractivity contribution in [3.63, 3.8) is 0 Å². The van der Waals surface area contributed by atoms with E-state index in [0.717, 1.165) is 25.1 Å². The molecule has 136 valence electrons. The lowest BCUT2D eigenvalue weighted by atomic mass is 9.90. The summed E-state index contributed by atoms with van der Waals surface area (Å²) in [5, 5.41) is 5.54. The van der Waals surface area contributed by atoms with E-state index >= 15 is 0 Å². The molecule has 1 saturated heterocycles. The van der Waals surface area contributed by atoms with Gasteiger partial charge in [-0.15, -0.1) is 12.4 Å². The van der Waals surface area contributed by atoms with Crippen LogP contribution in [0.5, 0.6) is 0 Å². The standard InChI is InChI=1S/C20H27N3O.ClH/c1-15(17-8-7-16-5-3-4-6-18(16)11-17)22-19(24)12-23-10-9-20(2,13-21)14-23;/h3-8,11,15H,9-10,12-14,21H2,1-2H3,(H,22,24);1H. The minimum atomic E-state index is 0. The second-order valence-corrected chi connectivity index (χ2v) is 7.37. The zero-order valence-corrected chi connectivity index (χ0v) is 15.8. The number of nitrogens with zero attached hydrogens (tertiary/aromatic N) is 1. The SMILES string of the molecule is CC(NC(=O)CN1CCC(C)(CN)C1)c1ccc2ccccc2c1.Cl. The van der Waals surface area contributed by atoms with Gasteiger partial charge in [0.1, 0.15) is 0 Å². The molecule has 0 bridgehead atoms. The van der Waals surface area contributed by atoms with Crippen molar-refractivity contribution in [2.75, 3.05) is 26.2 Å². The minimum Gasteiger partial charge on any atom is -0.348 e. The molecule has 1 fully saturated rings. The Kier molecular flexibility index (Phi) is 6.44. The van der Waals surface area contributed by atoms with E-state index in [-0.39, 0.29) is 29.8 Å². The molecule has 3 rings (SSSR count). The Balaban J connectivity index is 0.00000225. The number of likely N-dealkylation sites (tertiary alicyclic amines) is 1. The summed E-state index contributed by atoms with van der Waals surface area (Å²) in [5.74, 6) is 0.0805. The number of carbonyl (C=O) groups is 1. The monoisotopic (exact) mass is 361 g/mol. The topological polar surface area (TPSA) is 58.4 Å². The van der Waals surface area contributed by atoms with Crippen molar-refractivity contribution in [2.24, 2.45) is 11.1 Å². The first kappa shape index (κ1) is 19.7. The number of rotatable bonds is 5. The second kappa shape index (κ2) is 8.17. The van der Waals surface area contributed by atoms with Gasteiger partial charge in [-0.2, -0.15) is 0 Å². The molecule has 0 aliphatic carbocycles. The van der Waals surface area contributed by atoms with Crippen LogP contribution in [0.2, 0.25) is 0 Å². The number of benzene rings is 2. The van der Waals surface area contributed by atoms with Crippen LogP contribution < -0.4 is 11.1 Å². The van der Waals surface area contributed by atoms with E-state index in [1.165, 1.54) is 10.8 Å². The van der Waals surface area contributed by atoms with Crippen LogP contribution in [-0.4, -0.2) is 37.0 Å². The highest BCUT2D eigenvalue weighted by Gasteiger charge is 2.33. The third kappa shape index (κ3) is 4.72. The number of carbonyl (C=O) groups excluding carboxylic acids is 1. The molecule has 4 nitrogen and oxygen atoms in total. The van der Waals surface area contributed by atoms with Crippen LogP contribution in [0.3, 0.4) is 0 Å². The molecule has 0 radical (unpaired) electrons. The van der Waals surface area contributed by atoms with E-state index in [4.69, 9.17) is 5.73 Å². The first-order chi connectivity index (χ1) is 11.5. The molecule has 0 saturated carbocycles. The van der Waals surface area contributed by atoms with Gasteiger partial charge in [-0.05, 0) is 54.3 Å². The fraction of sp³-hybridized carbons (Fsp3) is 0.450. The molecular weight excluding hydrogens is 334 g/mol. The maximum absolute atomic E-state index is 12.4. The lowest BCUT2D eigenvalue weighted by Crippen LogP contribution is -2.39. The molecule has 25 heavy (non-hydrogen) atoms. The summed E-state index contributed by atoms with van der Waals surface area (Å²) in [7, 11) is 0. The second-order valence-electron chi connectivity index (χ2n) is 7.37. The first-order valence-electron chi connectivity index (χ1n) is 8.70. The Labute approximate surface area is 156 Å². The predicted molar refractivity (Wildman–Crippen MR) is 106 cm³/mol. The van der Waals surface area contributed by atoms with Gasteiger partial charge in [0, 0.05) is 6.54 Å². The fourth-order valence-corrected chi connectivity index (χ4v) is 3.48. The van der Waals surface area contributed by atoms with E-state index in [1.54, 1.807) is 0 Å². The smallest absolute Gasteiger partial charge is 0.234 e. The number of nitrogens with one attached hydrogen (secondary N) is 1. The number of hydrogen-bond acceptors (Lipinski definition) is 3. The summed E-state index contributed by atoms with van der Waals surface area (Å²) >= 11 is 0. The summed E-state index contributed by atoms with van der Waals surface area (Å²) in [6.07, 6.45) is 1.07. The van der Waals surface area contributed by atoms with Crippen molar-refractivity contribution >= 4 is 29.1 Å². The summed E-state index contributed by atoms with van der Waals surface area (Å²) in [5.41, 5.74) is 7.13. The Morgan fingerprint density at radius 3 is 2.68 bits per heavy atom. The molecule has 1 heterocycles. The summed E-state index contributed by atoms with van der Waals surface area (Å²) in [6.45, 7) is 7.22. The molecule has 2 unspecified atom stereocenters. The van der Waals surface area contributed by atoms with Gasteiger partial charge < -0.3 is 11.1 Å². The molecule has 1 amide bonds. The van der Waals surface area contributed by atoms with Gasteiger partial charge in [0.15, 0.2) is 0 Å². The number of halogens is 1. The van der Waals surface area contributed by atoms with E-state index < -0.39 is 0 Å². The maximum Gasteiger partial charge on any atom is 0.234 e. The number of hydrogen-bond donors (Lipinski definition) is 2. The van der Waals surface area contributed by atoms with Gasteiger partial charge in [0.25, 0.3) is 0 Å². The highest BCUT2D eigenvalue weighted by atomic mass is 35.5. The van der Waals surface area contributed by atoms with Crippen LogP contribution in [0.1, 0.15) is 31.9 Å². The third-order valence-corrected chi connectivity index (χ3v) is 5.15. The van der Waals surface area contributed by atoms with Gasteiger partial charge in [0.05, 0.1) is 12.6 Å². The molecule has 1 aliphatic rings. The largest absolute Gasteiger partial charge is 0.348 e. The van der Waals surface area contributed by atoms with E-state index in [1.807, 2.05) is 19.1 Å². The average Bonchev–Trinajstić information content (AvgIpc) is 2.95. The van der Waals surface area contributed by atoms with Crippen LogP contribution in [-0.2, 0) is 4.79 Å². The number of nitrogens with two attached hydrogens (primary N) is 1. The van der Waals surface area contributed by atoms with Gasteiger partial charge in [-0.25, -0.2) is 0 Å². The van der Waals surface area contributed by atoms with Crippen molar-refractivity contribution in [3.05, 3.63) is 48.0 Å². The lowest BCUT2D eigenvalue weighted by molar-refractivity contribution is -0.122. The van der Waals surface area contributed by atoms with Crippen LogP contribution in [0.15, 0.2) is 42.5 Å². The van der Waals surface area contributed by atoms with Gasteiger partial charge in [0.2, 0.25) is 5.91 Å². The van der Waals surface area contributed by atoms with Crippen LogP contribution >= 0.6 is 12.4 Å². The van der Waals surface area contributed by atoms with E-state index in [0.29, 0.717) is 13.1 Å². The fourth-order valence-electron chi connectivity index (χ4n) is 3.48. The van der Waals surface area contributed by atoms with Crippen LogP contribution in [0.4, 0.5) is 0 Å². The van der Waals surface area contributed by atoms with Gasteiger partial charge in [-0.3, -0.25) is 9.69 Å². The zero-order valence-electron chi connectivity index (χ0n) is 15.0. The molecule has 2 aromatic rings. The van der Waals surface area contributed by atoms with E-state index in [9.17, 15) is 4.79 Å². The average molecular weight is 362 g/mol. The van der Waals surface area contributed by atoms with E-state index in [2.05, 4.69) is 47.5 Å².